The van der Waals surface area contributed by atoms with Crippen LogP contribution in [0.5, 0.6) is 0 Å². The zero-order chi connectivity index (χ0) is 22.8. The highest BCUT2D eigenvalue weighted by Gasteiger charge is 2.16. The Hall–Kier alpha value is -2.94. The van der Waals surface area contributed by atoms with Gasteiger partial charge in [-0.05, 0) is 17.5 Å². The maximum atomic E-state index is 12.8. The standard InChI is InChI=1S/C24H19ClN4O2S2/c1-14(15-7-3-2-4-8-15)11-20-28-29-24(31-20)33-13-19-26-22(30)21-17(12-32-23(21)27-19)16-9-5-6-10-18(16)25/h2-10,12,14H,11,13H2,1H3,(H,26,27,30). The molecular formula is C24H19ClN4O2S2. The van der Waals surface area contributed by atoms with E-state index in [-0.39, 0.29) is 11.5 Å². The fourth-order valence-corrected chi connectivity index (χ4v) is 5.46. The van der Waals surface area contributed by atoms with Crippen molar-refractivity contribution in [2.24, 2.45) is 0 Å². The number of thioether (sulfide) groups is 1. The van der Waals surface area contributed by atoms with E-state index in [0.29, 0.717) is 44.4 Å². The summed E-state index contributed by atoms with van der Waals surface area (Å²) in [6.07, 6.45) is 0.665. The smallest absolute Gasteiger partial charge is 0.277 e. The quantitative estimate of drug-likeness (QED) is 0.266. The Bertz CT molecular complexity index is 1460. The minimum absolute atomic E-state index is 0.185. The zero-order valence-electron chi connectivity index (χ0n) is 17.6. The Kier molecular flexibility index (Phi) is 6.30. The van der Waals surface area contributed by atoms with Crippen molar-refractivity contribution in [1.29, 1.82) is 0 Å². The highest BCUT2D eigenvalue weighted by atomic mass is 35.5. The van der Waals surface area contributed by atoms with Gasteiger partial charge in [-0.1, -0.05) is 78.8 Å². The van der Waals surface area contributed by atoms with Crippen LogP contribution in [0, 0.1) is 0 Å². The van der Waals surface area contributed by atoms with E-state index in [1.165, 1.54) is 28.7 Å². The first kappa shape index (κ1) is 21.9. The molecule has 0 aliphatic rings. The number of nitrogens with one attached hydrogen (secondary N) is 1. The number of rotatable bonds is 7. The summed E-state index contributed by atoms with van der Waals surface area (Å²) in [5, 5.41) is 11.8. The number of fused-ring (bicyclic) bond motifs is 1. The van der Waals surface area contributed by atoms with E-state index in [1.807, 2.05) is 47.8 Å². The van der Waals surface area contributed by atoms with E-state index in [4.69, 9.17) is 16.0 Å². The zero-order valence-corrected chi connectivity index (χ0v) is 20.0. The van der Waals surface area contributed by atoms with Gasteiger partial charge in [-0.2, -0.15) is 0 Å². The van der Waals surface area contributed by atoms with Gasteiger partial charge in [0.1, 0.15) is 10.7 Å². The van der Waals surface area contributed by atoms with E-state index in [9.17, 15) is 4.79 Å². The number of aromatic nitrogens is 4. The van der Waals surface area contributed by atoms with Gasteiger partial charge in [0.25, 0.3) is 10.8 Å². The van der Waals surface area contributed by atoms with Gasteiger partial charge < -0.3 is 9.40 Å². The first-order valence-electron chi connectivity index (χ1n) is 10.3. The molecule has 3 aromatic heterocycles. The first-order chi connectivity index (χ1) is 16.1. The second kappa shape index (κ2) is 9.51. The maximum Gasteiger partial charge on any atom is 0.277 e. The summed E-state index contributed by atoms with van der Waals surface area (Å²) in [6, 6.07) is 17.7. The van der Waals surface area contributed by atoms with Crippen LogP contribution >= 0.6 is 34.7 Å². The van der Waals surface area contributed by atoms with Crippen molar-refractivity contribution >= 4 is 44.9 Å². The molecule has 0 radical (unpaired) electrons. The minimum atomic E-state index is -0.185. The van der Waals surface area contributed by atoms with E-state index in [0.717, 1.165) is 11.1 Å². The Morgan fingerprint density at radius 3 is 2.70 bits per heavy atom. The SMILES string of the molecule is CC(Cc1nnc(SCc2nc3scc(-c4ccccc4Cl)c3c(=O)[nH]2)o1)c1ccccc1. The number of H-pyrrole nitrogens is 1. The molecule has 0 saturated heterocycles. The van der Waals surface area contributed by atoms with Crippen LogP contribution in [-0.2, 0) is 12.2 Å². The monoisotopic (exact) mass is 494 g/mol. The molecule has 6 nitrogen and oxygen atoms in total. The molecule has 0 aliphatic heterocycles. The molecule has 0 amide bonds. The molecule has 1 N–H and O–H groups in total. The molecule has 1 unspecified atom stereocenters. The number of nitrogens with zero attached hydrogens (tertiary/aromatic N) is 3. The predicted molar refractivity (Wildman–Crippen MR) is 133 cm³/mol. The summed E-state index contributed by atoms with van der Waals surface area (Å²) in [4.78, 5) is 21.0. The number of aromatic amines is 1. The second-order valence-corrected chi connectivity index (χ2v) is 9.78. The molecule has 3 heterocycles. The molecule has 9 heteroatoms. The molecule has 0 bridgehead atoms. The third-order valence-corrected chi connectivity index (χ3v) is 7.32. The van der Waals surface area contributed by atoms with Crippen molar-refractivity contribution in [1.82, 2.24) is 20.2 Å². The lowest BCUT2D eigenvalue weighted by atomic mass is 9.98. The summed E-state index contributed by atoms with van der Waals surface area (Å²) in [7, 11) is 0. The Morgan fingerprint density at radius 2 is 1.88 bits per heavy atom. The number of hydrogen-bond acceptors (Lipinski definition) is 7. The van der Waals surface area contributed by atoms with E-state index in [2.05, 4.69) is 39.2 Å². The van der Waals surface area contributed by atoms with Gasteiger partial charge in [-0.25, -0.2) is 4.98 Å². The largest absolute Gasteiger partial charge is 0.416 e. The van der Waals surface area contributed by atoms with Gasteiger partial charge in [0, 0.05) is 28.0 Å². The summed E-state index contributed by atoms with van der Waals surface area (Å²) in [5.41, 5.74) is 2.66. The van der Waals surface area contributed by atoms with Crippen LogP contribution < -0.4 is 5.56 Å². The molecule has 5 rings (SSSR count). The molecular weight excluding hydrogens is 476 g/mol. The lowest BCUT2D eigenvalue weighted by Gasteiger charge is -2.08. The van der Waals surface area contributed by atoms with Crippen LogP contribution in [0.3, 0.4) is 0 Å². The summed E-state index contributed by atoms with van der Waals surface area (Å²) in [6.45, 7) is 2.13. The third-order valence-electron chi connectivity index (χ3n) is 5.29. The molecule has 33 heavy (non-hydrogen) atoms. The molecule has 5 aromatic rings. The lowest BCUT2D eigenvalue weighted by molar-refractivity contribution is 0.404. The van der Waals surface area contributed by atoms with Crippen molar-refractivity contribution < 1.29 is 4.42 Å². The topological polar surface area (TPSA) is 84.7 Å². The average molecular weight is 495 g/mol. The highest BCUT2D eigenvalue weighted by molar-refractivity contribution is 7.98. The van der Waals surface area contributed by atoms with E-state index < -0.39 is 0 Å². The summed E-state index contributed by atoms with van der Waals surface area (Å²) >= 11 is 9.11. The lowest BCUT2D eigenvalue weighted by Crippen LogP contribution is -2.10. The number of hydrogen-bond donors (Lipinski definition) is 1. The van der Waals surface area contributed by atoms with Crippen LogP contribution in [0.4, 0.5) is 0 Å². The third kappa shape index (κ3) is 4.73. The normalized spacial score (nSPS) is 12.3. The molecule has 0 saturated carbocycles. The minimum Gasteiger partial charge on any atom is -0.416 e. The Balaban J connectivity index is 1.30. The number of benzene rings is 2. The molecule has 0 spiro atoms. The maximum absolute atomic E-state index is 12.8. The Morgan fingerprint density at radius 1 is 1.09 bits per heavy atom. The molecule has 1 atom stereocenters. The molecule has 166 valence electrons. The van der Waals surface area contributed by atoms with Crippen molar-refractivity contribution in [3.63, 3.8) is 0 Å². The first-order valence-corrected chi connectivity index (χ1v) is 12.6. The summed E-state index contributed by atoms with van der Waals surface area (Å²) < 4.78 is 5.80. The molecule has 0 aliphatic carbocycles. The highest BCUT2D eigenvalue weighted by Crippen LogP contribution is 2.35. The predicted octanol–water partition coefficient (Wildman–Crippen LogP) is 6.33. The van der Waals surface area contributed by atoms with Crippen LogP contribution in [0.25, 0.3) is 21.3 Å². The van der Waals surface area contributed by atoms with Crippen molar-refractivity contribution in [3.05, 3.63) is 92.6 Å². The fourth-order valence-electron chi connectivity index (χ4n) is 3.61. The molecule has 0 fully saturated rings. The van der Waals surface area contributed by atoms with Crippen LogP contribution in [-0.4, -0.2) is 20.2 Å². The van der Waals surface area contributed by atoms with Crippen LogP contribution in [0.1, 0.15) is 30.1 Å². The Labute approximate surface area is 203 Å². The van der Waals surface area contributed by atoms with E-state index in [1.54, 1.807) is 0 Å². The van der Waals surface area contributed by atoms with Gasteiger partial charge in [-0.15, -0.1) is 21.5 Å². The number of halogens is 1. The molecule has 2 aromatic carbocycles. The summed E-state index contributed by atoms with van der Waals surface area (Å²) in [5.74, 6) is 1.84. The average Bonchev–Trinajstić information content (AvgIpc) is 3.46. The second-order valence-electron chi connectivity index (χ2n) is 7.59. The van der Waals surface area contributed by atoms with Gasteiger partial charge >= 0.3 is 0 Å². The van der Waals surface area contributed by atoms with Gasteiger partial charge in [-0.3, -0.25) is 4.79 Å². The number of thiophene rings is 1. The van der Waals surface area contributed by atoms with Crippen LogP contribution in [0.2, 0.25) is 5.02 Å². The van der Waals surface area contributed by atoms with Crippen LogP contribution in [0.15, 0.2) is 74.4 Å². The van der Waals surface area contributed by atoms with Gasteiger partial charge in [0.05, 0.1) is 11.1 Å². The fraction of sp³-hybridized carbons (Fsp3) is 0.167. The van der Waals surface area contributed by atoms with Crippen molar-refractivity contribution in [3.8, 4) is 11.1 Å². The van der Waals surface area contributed by atoms with Gasteiger partial charge in [0.2, 0.25) is 5.89 Å². The van der Waals surface area contributed by atoms with Crippen molar-refractivity contribution in [2.75, 3.05) is 0 Å². The van der Waals surface area contributed by atoms with Crippen molar-refractivity contribution in [2.45, 2.75) is 30.2 Å². The van der Waals surface area contributed by atoms with E-state index >= 15 is 0 Å². The van der Waals surface area contributed by atoms with Gasteiger partial charge in [0.15, 0.2) is 0 Å².